The number of aryl methyl sites for hydroxylation is 1. The molecular formula is C8H8BrCl. The first-order valence-corrected chi connectivity index (χ1v) is 4.38. The Morgan fingerprint density at radius 3 is 2.70 bits per heavy atom. The molecule has 0 aliphatic carbocycles. The van der Waals surface area contributed by atoms with E-state index >= 15 is 0 Å². The largest absolute Gasteiger partial charge is 0.122 e. The van der Waals surface area contributed by atoms with Crippen LogP contribution in [0.1, 0.15) is 11.1 Å². The first kappa shape index (κ1) is 8.09. The van der Waals surface area contributed by atoms with Gasteiger partial charge >= 0.3 is 0 Å². The molecule has 0 aromatic heterocycles. The standard InChI is InChI=1S/C8H8BrCl/c1-6-4-7(5-10)2-3-8(6)9/h2-4H,5H2,1H3. The smallest absolute Gasteiger partial charge is 0.0474 e. The lowest BCUT2D eigenvalue weighted by molar-refractivity contribution is 1.33. The van der Waals surface area contributed by atoms with Crippen LogP contribution in [0, 0.1) is 6.92 Å². The summed E-state index contributed by atoms with van der Waals surface area (Å²) in [5.41, 5.74) is 2.40. The van der Waals surface area contributed by atoms with Crippen molar-refractivity contribution in [3.63, 3.8) is 0 Å². The van der Waals surface area contributed by atoms with E-state index < -0.39 is 0 Å². The minimum absolute atomic E-state index is 0.591. The number of hydrogen-bond donors (Lipinski definition) is 0. The molecule has 0 radical (unpaired) electrons. The Morgan fingerprint density at radius 1 is 1.50 bits per heavy atom. The minimum atomic E-state index is 0.591. The Bertz CT molecular complexity index is 233. The van der Waals surface area contributed by atoms with Crippen molar-refractivity contribution in [3.05, 3.63) is 33.8 Å². The average molecular weight is 220 g/mol. The summed E-state index contributed by atoms with van der Waals surface area (Å²) in [6.07, 6.45) is 0. The lowest BCUT2D eigenvalue weighted by Gasteiger charge is -1.98. The van der Waals surface area contributed by atoms with E-state index in [2.05, 4.69) is 28.9 Å². The summed E-state index contributed by atoms with van der Waals surface area (Å²) in [6.45, 7) is 2.06. The van der Waals surface area contributed by atoms with Crippen LogP contribution in [-0.4, -0.2) is 0 Å². The molecule has 0 fully saturated rings. The van der Waals surface area contributed by atoms with Gasteiger partial charge in [-0.25, -0.2) is 0 Å². The van der Waals surface area contributed by atoms with Gasteiger partial charge in [0.2, 0.25) is 0 Å². The van der Waals surface area contributed by atoms with Crippen LogP contribution in [-0.2, 0) is 5.88 Å². The van der Waals surface area contributed by atoms with Gasteiger partial charge in [0.15, 0.2) is 0 Å². The van der Waals surface area contributed by atoms with E-state index in [-0.39, 0.29) is 0 Å². The molecule has 1 aromatic carbocycles. The van der Waals surface area contributed by atoms with Crippen molar-refractivity contribution in [1.82, 2.24) is 0 Å². The van der Waals surface area contributed by atoms with E-state index in [1.165, 1.54) is 11.1 Å². The van der Waals surface area contributed by atoms with Crippen LogP contribution < -0.4 is 0 Å². The Hall–Kier alpha value is -0.0100. The van der Waals surface area contributed by atoms with Gasteiger partial charge in [-0.15, -0.1) is 11.6 Å². The van der Waals surface area contributed by atoms with Crippen molar-refractivity contribution in [2.45, 2.75) is 12.8 Å². The second kappa shape index (κ2) is 3.40. The fraction of sp³-hybridized carbons (Fsp3) is 0.250. The molecule has 0 aliphatic heterocycles. The van der Waals surface area contributed by atoms with Gasteiger partial charge in [-0.3, -0.25) is 0 Å². The summed E-state index contributed by atoms with van der Waals surface area (Å²) < 4.78 is 1.14. The Labute approximate surface area is 74.3 Å². The van der Waals surface area contributed by atoms with Crippen LogP contribution in [0.15, 0.2) is 22.7 Å². The molecule has 0 nitrogen and oxygen atoms in total. The summed E-state index contributed by atoms with van der Waals surface area (Å²) in [5.74, 6) is 0.591. The fourth-order valence-corrected chi connectivity index (χ4v) is 1.20. The minimum Gasteiger partial charge on any atom is -0.122 e. The van der Waals surface area contributed by atoms with Crippen molar-refractivity contribution >= 4 is 27.5 Å². The summed E-state index contributed by atoms with van der Waals surface area (Å²) in [4.78, 5) is 0. The lowest BCUT2D eigenvalue weighted by Crippen LogP contribution is -1.80. The molecule has 2 heteroatoms. The third kappa shape index (κ3) is 1.74. The van der Waals surface area contributed by atoms with E-state index in [4.69, 9.17) is 11.6 Å². The highest BCUT2D eigenvalue weighted by atomic mass is 79.9. The molecule has 0 saturated heterocycles. The van der Waals surface area contributed by atoms with Gasteiger partial charge in [0.1, 0.15) is 0 Å². The van der Waals surface area contributed by atoms with Crippen LogP contribution >= 0.6 is 27.5 Å². The summed E-state index contributed by atoms with van der Waals surface area (Å²) >= 11 is 9.05. The van der Waals surface area contributed by atoms with Crippen LogP contribution in [0.25, 0.3) is 0 Å². The summed E-state index contributed by atoms with van der Waals surface area (Å²) in [5, 5.41) is 0. The molecule has 10 heavy (non-hydrogen) atoms. The van der Waals surface area contributed by atoms with Gasteiger partial charge in [0.05, 0.1) is 0 Å². The van der Waals surface area contributed by atoms with Gasteiger partial charge in [-0.1, -0.05) is 28.1 Å². The fourth-order valence-electron chi connectivity index (χ4n) is 0.790. The maximum absolute atomic E-state index is 5.64. The van der Waals surface area contributed by atoms with Crippen molar-refractivity contribution in [2.24, 2.45) is 0 Å². The number of benzene rings is 1. The molecule has 0 aliphatic rings. The summed E-state index contributed by atoms with van der Waals surface area (Å²) in [6, 6.07) is 6.12. The molecule has 0 spiro atoms. The monoisotopic (exact) mass is 218 g/mol. The number of hydrogen-bond acceptors (Lipinski definition) is 0. The number of rotatable bonds is 1. The van der Waals surface area contributed by atoms with Crippen LogP contribution in [0.3, 0.4) is 0 Å². The highest BCUT2D eigenvalue weighted by molar-refractivity contribution is 9.10. The second-order valence-corrected chi connectivity index (χ2v) is 3.34. The van der Waals surface area contributed by atoms with Crippen LogP contribution in [0.4, 0.5) is 0 Å². The van der Waals surface area contributed by atoms with Crippen molar-refractivity contribution in [3.8, 4) is 0 Å². The highest BCUT2D eigenvalue weighted by Crippen LogP contribution is 2.17. The van der Waals surface area contributed by atoms with Crippen molar-refractivity contribution in [1.29, 1.82) is 0 Å². The van der Waals surface area contributed by atoms with Crippen molar-refractivity contribution in [2.75, 3.05) is 0 Å². The third-order valence-electron chi connectivity index (χ3n) is 1.38. The molecule has 0 atom stereocenters. The second-order valence-electron chi connectivity index (χ2n) is 2.22. The normalized spacial score (nSPS) is 9.90. The number of halogens is 2. The van der Waals surface area contributed by atoms with Crippen molar-refractivity contribution < 1.29 is 0 Å². The van der Waals surface area contributed by atoms with Gasteiger partial charge in [-0.05, 0) is 24.1 Å². The third-order valence-corrected chi connectivity index (χ3v) is 2.58. The molecule has 0 bridgehead atoms. The molecule has 0 amide bonds. The van der Waals surface area contributed by atoms with E-state index in [1.807, 2.05) is 12.1 Å². The lowest BCUT2D eigenvalue weighted by atomic mass is 10.2. The van der Waals surface area contributed by atoms with E-state index in [0.29, 0.717) is 5.88 Å². The molecule has 0 saturated carbocycles. The maximum Gasteiger partial charge on any atom is 0.0474 e. The van der Waals surface area contributed by atoms with Gasteiger partial charge < -0.3 is 0 Å². The van der Waals surface area contributed by atoms with E-state index in [9.17, 15) is 0 Å². The Balaban J connectivity index is 3.04. The molecule has 1 rings (SSSR count). The SMILES string of the molecule is Cc1cc(CCl)ccc1Br. The quantitative estimate of drug-likeness (QED) is 0.634. The van der Waals surface area contributed by atoms with E-state index in [1.54, 1.807) is 0 Å². The molecule has 0 N–H and O–H groups in total. The van der Waals surface area contributed by atoms with Crippen LogP contribution in [0.2, 0.25) is 0 Å². The average Bonchev–Trinajstić information content (AvgIpc) is 1.95. The highest BCUT2D eigenvalue weighted by Gasteiger charge is 1.94. The first-order chi connectivity index (χ1) is 4.74. The van der Waals surface area contributed by atoms with Gasteiger partial charge in [0.25, 0.3) is 0 Å². The molecule has 54 valence electrons. The Morgan fingerprint density at radius 2 is 2.20 bits per heavy atom. The summed E-state index contributed by atoms with van der Waals surface area (Å²) in [7, 11) is 0. The number of alkyl halides is 1. The zero-order chi connectivity index (χ0) is 7.56. The van der Waals surface area contributed by atoms with Gasteiger partial charge in [0, 0.05) is 10.4 Å². The molecule has 0 heterocycles. The molecule has 0 unspecified atom stereocenters. The zero-order valence-corrected chi connectivity index (χ0v) is 8.04. The molecular weight excluding hydrogens is 211 g/mol. The predicted octanol–water partition coefficient (Wildman–Crippen LogP) is 3.50. The zero-order valence-electron chi connectivity index (χ0n) is 5.70. The molecule has 1 aromatic rings. The first-order valence-electron chi connectivity index (χ1n) is 3.05. The van der Waals surface area contributed by atoms with E-state index in [0.717, 1.165) is 4.47 Å². The Kier molecular flexibility index (Phi) is 2.75. The maximum atomic E-state index is 5.64. The predicted molar refractivity (Wildman–Crippen MR) is 48.4 cm³/mol. The van der Waals surface area contributed by atoms with Gasteiger partial charge in [-0.2, -0.15) is 0 Å². The van der Waals surface area contributed by atoms with Crippen LogP contribution in [0.5, 0.6) is 0 Å². The topological polar surface area (TPSA) is 0 Å².